The average molecular weight is 186 g/mol. The molecule has 1 aliphatic rings. The summed E-state index contributed by atoms with van der Waals surface area (Å²) in [6.07, 6.45) is 2.05. The normalized spacial score (nSPS) is 21.4. The van der Waals surface area contributed by atoms with E-state index in [1.165, 1.54) is 0 Å². The van der Waals surface area contributed by atoms with Gasteiger partial charge < -0.3 is 0 Å². The number of hydrogen-bond donors (Lipinski definition) is 1. The Hall–Kier alpha value is 0.200. The van der Waals surface area contributed by atoms with Crippen LogP contribution in [-0.2, 0) is 10.0 Å². The molecule has 2 N–H and O–H groups in total. The fraction of sp³-hybridized carbons (Fsp3) is 1.00. The molecule has 0 radical (unpaired) electrons. The molecule has 0 saturated heterocycles. The van der Waals surface area contributed by atoms with Crippen molar-refractivity contribution in [3.8, 4) is 0 Å². The van der Waals surface area contributed by atoms with Crippen molar-refractivity contribution in [1.29, 1.82) is 0 Å². The zero-order valence-electron chi connectivity index (χ0n) is 5.78. The lowest BCUT2D eigenvalue weighted by atomic mass is 10.3. The van der Waals surface area contributed by atoms with Crippen molar-refractivity contribution in [2.45, 2.75) is 25.0 Å². The third kappa shape index (κ3) is 2.44. The van der Waals surface area contributed by atoms with Crippen molar-refractivity contribution < 1.29 is 8.42 Å². The lowest BCUT2D eigenvalue weighted by Gasteiger charge is -2.04. The van der Waals surface area contributed by atoms with Crippen molar-refractivity contribution >= 4 is 22.4 Å². The first-order valence-electron chi connectivity index (χ1n) is 3.03. The summed E-state index contributed by atoms with van der Waals surface area (Å²) in [4.78, 5) is 0. The van der Waals surface area contributed by atoms with Crippen LogP contribution in [0.4, 0.5) is 0 Å². The smallest absolute Gasteiger partial charge is 0.211 e. The fourth-order valence-electron chi connectivity index (χ4n) is 0.834. The molecular weight excluding hydrogens is 174 g/mol. The van der Waals surface area contributed by atoms with Crippen molar-refractivity contribution in [2.75, 3.05) is 0 Å². The maximum absolute atomic E-state index is 10.6. The summed E-state index contributed by atoms with van der Waals surface area (Å²) in [5.74, 6) is 0.347. The maximum atomic E-state index is 10.6. The molecule has 0 aromatic heterocycles. The van der Waals surface area contributed by atoms with Gasteiger partial charge >= 0.3 is 0 Å². The lowest BCUT2D eigenvalue weighted by Crippen LogP contribution is -2.27. The zero-order chi connectivity index (χ0) is 7.07. The Morgan fingerprint density at radius 3 is 2.00 bits per heavy atom. The summed E-state index contributed by atoms with van der Waals surface area (Å²) in [7, 11) is -3.24. The Morgan fingerprint density at radius 1 is 1.50 bits per heavy atom. The number of sulfonamides is 1. The van der Waals surface area contributed by atoms with Gasteiger partial charge in [-0.05, 0) is 25.7 Å². The van der Waals surface area contributed by atoms with Gasteiger partial charge in [-0.1, -0.05) is 0 Å². The average Bonchev–Trinajstić information content (AvgIpc) is 2.40. The van der Waals surface area contributed by atoms with E-state index in [2.05, 4.69) is 0 Å². The summed E-state index contributed by atoms with van der Waals surface area (Å²) < 4.78 is 21.2. The molecule has 0 aliphatic heterocycles. The van der Waals surface area contributed by atoms with Crippen molar-refractivity contribution in [1.82, 2.24) is 0 Å². The summed E-state index contributed by atoms with van der Waals surface area (Å²) in [6.45, 7) is 1.67. The molecule has 1 aliphatic carbocycles. The molecule has 5 heteroatoms. The van der Waals surface area contributed by atoms with Crippen molar-refractivity contribution in [3.63, 3.8) is 0 Å². The molecule has 1 fully saturated rings. The van der Waals surface area contributed by atoms with Crippen LogP contribution in [-0.4, -0.2) is 13.7 Å². The summed E-state index contributed by atoms with van der Waals surface area (Å²) in [6, 6.07) is 0. The first-order valence-corrected chi connectivity index (χ1v) is 4.64. The molecule has 3 nitrogen and oxygen atoms in total. The number of primary sulfonamides is 1. The summed E-state index contributed by atoms with van der Waals surface area (Å²) in [5.41, 5.74) is 0. The minimum atomic E-state index is -3.24. The Labute approximate surface area is 67.4 Å². The molecule has 0 amide bonds. The zero-order valence-corrected chi connectivity index (χ0v) is 7.41. The first-order chi connectivity index (χ1) is 4.02. The van der Waals surface area contributed by atoms with Gasteiger partial charge in [-0.3, -0.25) is 0 Å². The maximum Gasteiger partial charge on any atom is 0.211 e. The third-order valence-corrected chi connectivity index (χ3v) is 3.23. The van der Waals surface area contributed by atoms with E-state index in [1.54, 1.807) is 6.92 Å². The highest BCUT2D eigenvalue weighted by Gasteiger charge is 2.34. The van der Waals surface area contributed by atoms with Gasteiger partial charge in [0.05, 0.1) is 5.25 Å². The van der Waals surface area contributed by atoms with Crippen molar-refractivity contribution in [2.24, 2.45) is 11.1 Å². The van der Waals surface area contributed by atoms with E-state index in [0.29, 0.717) is 5.92 Å². The second-order valence-corrected chi connectivity index (χ2v) is 4.55. The standard InChI is InChI=1S/C5H11NO2S.ClH/c1-4(5-2-3-5)9(6,7)8;/h4-5H,2-3H2,1H3,(H2,6,7,8);1H. The molecule has 0 aromatic rings. The Balaban J connectivity index is 0.000000810. The molecule has 0 spiro atoms. The highest BCUT2D eigenvalue weighted by atomic mass is 35.5. The lowest BCUT2D eigenvalue weighted by molar-refractivity contribution is 0.576. The van der Waals surface area contributed by atoms with Gasteiger partial charge in [0.1, 0.15) is 0 Å². The number of nitrogens with two attached hydrogens (primary N) is 1. The molecule has 1 unspecified atom stereocenters. The van der Waals surface area contributed by atoms with Gasteiger partial charge in [-0.15, -0.1) is 12.4 Å². The molecule has 0 bridgehead atoms. The van der Waals surface area contributed by atoms with Crippen LogP contribution < -0.4 is 5.14 Å². The van der Waals surface area contributed by atoms with Gasteiger partial charge in [0.15, 0.2) is 0 Å². The van der Waals surface area contributed by atoms with E-state index in [9.17, 15) is 8.42 Å². The summed E-state index contributed by atoms with van der Waals surface area (Å²) >= 11 is 0. The van der Waals surface area contributed by atoms with Gasteiger partial charge in [-0.25, -0.2) is 13.6 Å². The van der Waals surface area contributed by atoms with Crippen LogP contribution in [0, 0.1) is 5.92 Å². The second kappa shape index (κ2) is 3.07. The highest BCUT2D eigenvalue weighted by Crippen LogP contribution is 2.34. The van der Waals surface area contributed by atoms with E-state index in [1.807, 2.05) is 0 Å². The second-order valence-electron chi connectivity index (χ2n) is 2.63. The van der Waals surface area contributed by atoms with Crippen LogP contribution in [0.2, 0.25) is 0 Å². The van der Waals surface area contributed by atoms with E-state index in [-0.39, 0.29) is 17.7 Å². The Morgan fingerprint density at radius 2 is 1.90 bits per heavy atom. The Kier molecular flexibility index (Phi) is 3.13. The van der Waals surface area contributed by atoms with E-state index in [4.69, 9.17) is 5.14 Å². The third-order valence-electron chi connectivity index (χ3n) is 1.80. The van der Waals surface area contributed by atoms with Gasteiger partial charge in [0.2, 0.25) is 10.0 Å². The van der Waals surface area contributed by atoms with Crippen LogP contribution in [0.3, 0.4) is 0 Å². The van der Waals surface area contributed by atoms with Gasteiger partial charge in [0, 0.05) is 0 Å². The summed E-state index contributed by atoms with van der Waals surface area (Å²) in [5, 5.41) is 4.57. The first kappa shape index (κ1) is 10.2. The largest absolute Gasteiger partial charge is 0.228 e. The molecular formula is C5H12ClNO2S. The quantitative estimate of drug-likeness (QED) is 0.681. The fourth-order valence-corrected chi connectivity index (χ4v) is 1.64. The molecule has 10 heavy (non-hydrogen) atoms. The van der Waals surface area contributed by atoms with Crippen LogP contribution in [0.25, 0.3) is 0 Å². The molecule has 1 atom stereocenters. The van der Waals surface area contributed by atoms with Crippen LogP contribution in [0.15, 0.2) is 0 Å². The minimum absolute atomic E-state index is 0. The van der Waals surface area contributed by atoms with Crippen LogP contribution in [0.5, 0.6) is 0 Å². The van der Waals surface area contributed by atoms with Crippen LogP contribution >= 0.6 is 12.4 Å². The molecule has 0 heterocycles. The number of rotatable bonds is 2. The van der Waals surface area contributed by atoms with Crippen molar-refractivity contribution in [3.05, 3.63) is 0 Å². The van der Waals surface area contributed by atoms with Gasteiger partial charge in [0.25, 0.3) is 0 Å². The number of hydrogen-bond acceptors (Lipinski definition) is 2. The Bertz CT molecular complexity index is 198. The molecule has 62 valence electrons. The van der Waals surface area contributed by atoms with E-state index >= 15 is 0 Å². The predicted octanol–water partition coefficient (Wildman–Crippen LogP) is 0.495. The SMILES string of the molecule is CC(C1CC1)S(N)(=O)=O.Cl. The minimum Gasteiger partial charge on any atom is -0.228 e. The molecule has 1 rings (SSSR count). The van der Waals surface area contributed by atoms with E-state index in [0.717, 1.165) is 12.8 Å². The van der Waals surface area contributed by atoms with Crippen LogP contribution in [0.1, 0.15) is 19.8 Å². The predicted molar refractivity (Wildman–Crippen MR) is 42.5 cm³/mol. The monoisotopic (exact) mass is 185 g/mol. The molecule has 0 aromatic carbocycles. The topological polar surface area (TPSA) is 60.2 Å². The molecule has 1 saturated carbocycles. The van der Waals surface area contributed by atoms with Gasteiger partial charge in [-0.2, -0.15) is 0 Å². The highest BCUT2D eigenvalue weighted by molar-refractivity contribution is 7.89. The number of halogens is 1. The van der Waals surface area contributed by atoms with E-state index < -0.39 is 10.0 Å².